The Morgan fingerprint density at radius 1 is 1.50 bits per heavy atom. The van der Waals surface area contributed by atoms with E-state index in [2.05, 4.69) is 6.92 Å². The van der Waals surface area contributed by atoms with Crippen molar-refractivity contribution in [2.24, 2.45) is 5.73 Å². The van der Waals surface area contributed by atoms with Gasteiger partial charge in [-0.25, -0.2) is 0 Å². The summed E-state index contributed by atoms with van der Waals surface area (Å²) in [5.41, 5.74) is 7.17. The van der Waals surface area contributed by atoms with Gasteiger partial charge in [-0.2, -0.15) is 11.8 Å². The highest BCUT2D eigenvalue weighted by Gasteiger charge is 2.27. The van der Waals surface area contributed by atoms with Crippen LogP contribution < -0.4 is 5.73 Å². The standard InChI is InChI=1S/C14H20N2OS/c1-11-10-18-8-7-16(11)14(17)13(15)9-12-5-3-2-4-6-12/h2-6,11,13H,7-10,15H2,1H3. The van der Waals surface area contributed by atoms with Gasteiger partial charge in [0.25, 0.3) is 0 Å². The largest absolute Gasteiger partial charge is 0.337 e. The summed E-state index contributed by atoms with van der Waals surface area (Å²) in [6.07, 6.45) is 0.621. The first-order chi connectivity index (χ1) is 8.68. The van der Waals surface area contributed by atoms with E-state index in [9.17, 15) is 4.79 Å². The maximum Gasteiger partial charge on any atom is 0.240 e. The van der Waals surface area contributed by atoms with Gasteiger partial charge in [-0.05, 0) is 18.9 Å². The third kappa shape index (κ3) is 3.27. The number of nitrogens with zero attached hydrogens (tertiary/aromatic N) is 1. The Labute approximate surface area is 113 Å². The number of carbonyl (C=O) groups excluding carboxylic acids is 1. The molecule has 98 valence electrons. The van der Waals surface area contributed by atoms with E-state index >= 15 is 0 Å². The highest BCUT2D eigenvalue weighted by molar-refractivity contribution is 7.99. The van der Waals surface area contributed by atoms with Crippen LogP contribution in [0.15, 0.2) is 30.3 Å². The Balaban J connectivity index is 1.96. The maximum atomic E-state index is 12.3. The second-order valence-corrected chi connectivity index (χ2v) is 5.90. The van der Waals surface area contributed by atoms with Crippen LogP contribution in [-0.4, -0.2) is 40.9 Å². The van der Waals surface area contributed by atoms with Crippen molar-refractivity contribution in [3.8, 4) is 0 Å². The Bertz CT molecular complexity index is 396. The quantitative estimate of drug-likeness (QED) is 0.900. The number of thioether (sulfide) groups is 1. The molecule has 1 amide bonds. The maximum absolute atomic E-state index is 12.3. The second kappa shape index (κ2) is 6.25. The molecule has 0 bridgehead atoms. The summed E-state index contributed by atoms with van der Waals surface area (Å²) in [5, 5.41) is 0. The average molecular weight is 264 g/mol. The third-order valence-corrected chi connectivity index (χ3v) is 4.46. The minimum atomic E-state index is -0.419. The van der Waals surface area contributed by atoms with Crippen molar-refractivity contribution in [3.05, 3.63) is 35.9 Å². The number of amides is 1. The molecule has 1 fully saturated rings. The van der Waals surface area contributed by atoms with E-state index in [4.69, 9.17) is 5.73 Å². The lowest BCUT2D eigenvalue weighted by atomic mass is 10.1. The predicted octanol–water partition coefficient (Wildman–Crippen LogP) is 1.52. The van der Waals surface area contributed by atoms with Gasteiger partial charge in [-0.3, -0.25) is 4.79 Å². The molecule has 18 heavy (non-hydrogen) atoms. The van der Waals surface area contributed by atoms with Gasteiger partial charge in [-0.1, -0.05) is 30.3 Å². The SMILES string of the molecule is CC1CSCCN1C(=O)C(N)Cc1ccccc1. The van der Waals surface area contributed by atoms with Crippen molar-refractivity contribution in [3.63, 3.8) is 0 Å². The van der Waals surface area contributed by atoms with E-state index in [1.807, 2.05) is 47.0 Å². The van der Waals surface area contributed by atoms with Crippen molar-refractivity contribution in [1.29, 1.82) is 0 Å². The van der Waals surface area contributed by atoms with Gasteiger partial charge in [-0.15, -0.1) is 0 Å². The average Bonchev–Trinajstić information content (AvgIpc) is 2.39. The monoisotopic (exact) mass is 264 g/mol. The van der Waals surface area contributed by atoms with E-state index in [1.165, 1.54) is 0 Å². The molecule has 0 radical (unpaired) electrons. The molecule has 0 saturated carbocycles. The Morgan fingerprint density at radius 3 is 2.89 bits per heavy atom. The molecular weight excluding hydrogens is 244 g/mol. The van der Waals surface area contributed by atoms with Crippen LogP contribution in [-0.2, 0) is 11.2 Å². The molecule has 0 aromatic heterocycles. The van der Waals surface area contributed by atoms with E-state index in [0.717, 1.165) is 23.6 Å². The Hall–Kier alpha value is -1.00. The van der Waals surface area contributed by atoms with Crippen LogP contribution in [0.1, 0.15) is 12.5 Å². The van der Waals surface area contributed by atoms with Crippen molar-refractivity contribution in [2.75, 3.05) is 18.1 Å². The van der Waals surface area contributed by atoms with Gasteiger partial charge >= 0.3 is 0 Å². The van der Waals surface area contributed by atoms with Crippen molar-refractivity contribution in [2.45, 2.75) is 25.4 Å². The number of benzene rings is 1. The normalized spacial score (nSPS) is 21.7. The summed E-state index contributed by atoms with van der Waals surface area (Å²) in [4.78, 5) is 14.2. The zero-order chi connectivity index (χ0) is 13.0. The van der Waals surface area contributed by atoms with Crippen molar-refractivity contribution in [1.82, 2.24) is 4.90 Å². The van der Waals surface area contributed by atoms with Crippen molar-refractivity contribution < 1.29 is 4.79 Å². The van der Waals surface area contributed by atoms with Gasteiger partial charge < -0.3 is 10.6 Å². The van der Waals surface area contributed by atoms with Gasteiger partial charge in [0, 0.05) is 24.1 Å². The molecule has 0 aliphatic carbocycles. The summed E-state index contributed by atoms with van der Waals surface area (Å²) in [5.74, 6) is 2.13. The highest BCUT2D eigenvalue weighted by Crippen LogP contribution is 2.17. The van der Waals surface area contributed by atoms with E-state index in [1.54, 1.807) is 0 Å². The molecule has 2 N–H and O–H groups in total. The molecule has 1 aliphatic heterocycles. The molecule has 3 nitrogen and oxygen atoms in total. The lowest BCUT2D eigenvalue weighted by Crippen LogP contribution is -2.51. The van der Waals surface area contributed by atoms with Crippen LogP contribution in [0.25, 0.3) is 0 Å². The zero-order valence-corrected chi connectivity index (χ0v) is 11.5. The van der Waals surface area contributed by atoms with Crippen LogP contribution in [0, 0.1) is 0 Å². The number of hydrogen-bond donors (Lipinski definition) is 1. The van der Waals surface area contributed by atoms with Crippen LogP contribution in [0.2, 0.25) is 0 Å². The predicted molar refractivity (Wildman–Crippen MR) is 76.6 cm³/mol. The summed E-state index contributed by atoms with van der Waals surface area (Å²) >= 11 is 1.91. The summed E-state index contributed by atoms with van der Waals surface area (Å²) in [6, 6.07) is 9.85. The minimum Gasteiger partial charge on any atom is -0.337 e. The molecule has 1 aliphatic rings. The fourth-order valence-electron chi connectivity index (χ4n) is 2.22. The van der Waals surface area contributed by atoms with Gasteiger partial charge in [0.15, 0.2) is 0 Å². The van der Waals surface area contributed by atoms with E-state index in [0.29, 0.717) is 12.5 Å². The first kappa shape index (κ1) is 13.4. The number of carbonyl (C=O) groups is 1. The van der Waals surface area contributed by atoms with E-state index < -0.39 is 6.04 Å². The molecule has 2 atom stereocenters. The molecule has 1 aromatic rings. The zero-order valence-electron chi connectivity index (χ0n) is 10.7. The molecule has 2 rings (SSSR count). The Kier molecular flexibility index (Phi) is 4.66. The Morgan fingerprint density at radius 2 is 2.22 bits per heavy atom. The molecule has 1 aromatic carbocycles. The minimum absolute atomic E-state index is 0.0895. The van der Waals surface area contributed by atoms with Crippen LogP contribution >= 0.6 is 11.8 Å². The topological polar surface area (TPSA) is 46.3 Å². The van der Waals surface area contributed by atoms with Crippen molar-refractivity contribution >= 4 is 17.7 Å². The van der Waals surface area contributed by atoms with Gasteiger partial charge in [0.2, 0.25) is 5.91 Å². The van der Waals surface area contributed by atoms with Crippen LogP contribution in [0.3, 0.4) is 0 Å². The van der Waals surface area contributed by atoms with Crippen LogP contribution in [0.4, 0.5) is 0 Å². The molecule has 4 heteroatoms. The lowest BCUT2D eigenvalue weighted by molar-refractivity contribution is -0.134. The first-order valence-corrected chi connectivity index (χ1v) is 7.51. The molecular formula is C14H20N2OS. The number of nitrogens with two attached hydrogens (primary N) is 1. The van der Waals surface area contributed by atoms with E-state index in [-0.39, 0.29) is 5.91 Å². The molecule has 1 heterocycles. The number of hydrogen-bond acceptors (Lipinski definition) is 3. The summed E-state index contributed by atoms with van der Waals surface area (Å²) in [6.45, 7) is 2.92. The molecule has 1 saturated heterocycles. The summed E-state index contributed by atoms with van der Waals surface area (Å²) in [7, 11) is 0. The van der Waals surface area contributed by atoms with Crippen LogP contribution in [0.5, 0.6) is 0 Å². The highest BCUT2D eigenvalue weighted by atomic mass is 32.2. The van der Waals surface area contributed by atoms with Gasteiger partial charge in [0.1, 0.15) is 0 Å². The van der Waals surface area contributed by atoms with Gasteiger partial charge in [0.05, 0.1) is 6.04 Å². The number of rotatable bonds is 3. The first-order valence-electron chi connectivity index (χ1n) is 6.36. The fourth-order valence-corrected chi connectivity index (χ4v) is 3.24. The second-order valence-electron chi connectivity index (χ2n) is 4.75. The fraction of sp³-hybridized carbons (Fsp3) is 0.500. The third-order valence-electron chi connectivity index (χ3n) is 3.27. The lowest BCUT2D eigenvalue weighted by Gasteiger charge is -2.34. The summed E-state index contributed by atoms with van der Waals surface area (Å²) < 4.78 is 0. The molecule has 2 unspecified atom stereocenters. The molecule has 0 spiro atoms. The smallest absolute Gasteiger partial charge is 0.240 e.